The van der Waals surface area contributed by atoms with E-state index in [-0.39, 0.29) is 12.0 Å². The number of benzene rings is 1. The van der Waals surface area contributed by atoms with Crippen molar-refractivity contribution >= 4 is 17.4 Å². The van der Waals surface area contributed by atoms with E-state index in [1.165, 1.54) is 0 Å². The molecule has 1 aliphatic rings. The van der Waals surface area contributed by atoms with Gasteiger partial charge in [0.1, 0.15) is 17.3 Å². The van der Waals surface area contributed by atoms with Gasteiger partial charge in [-0.05, 0) is 50.8 Å². The van der Waals surface area contributed by atoms with E-state index in [1.54, 1.807) is 13.0 Å². The summed E-state index contributed by atoms with van der Waals surface area (Å²) < 4.78 is 5.60. The minimum Gasteiger partial charge on any atom is -0.376 e. The van der Waals surface area contributed by atoms with E-state index in [4.69, 9.17) is 4.74 Å². The molecule has 6 nitrogen and oxygen atoms in total. The van der Waals surface area contributed by atoms with Gasteiger partial charge in [-0.3, -0.25) is 4.79 Å². The molecular formula is C19H24N4O2. The van der Waals surface area contributed by atoms with Gasteiger partial charge >= 0.3 is 0 Å². The highest BCUT2D eigenvalue weighted by molar-refractivity contribution is 6.03. The Kier molecular flexibility index (Phi) is 5.28. The number of hydrogen-bond donors (Lipinski definition) is 2. The maximum absolute atomic E-state index is 12.6. The molecular weight excluding hydrogens is 316 g/mol. The Balaban J connectivity index is 1.72. The lowest BCUT2D eigenvalue weighted by Gasteiger charge is -2.13. The van der Waals surface area contributed by atoms with E-state index in [2.05, 4.69) is 20.6 Å². The van der Waals surface area contributed by atoms with Crippen LogP contribution >= 0.6 is 0 Å². The molecule has 3 rings (SSSR count). The zero-order valence-corrected chi connectivity index (χ0v) is 14.9. The van der Waals surface area contributed by atoms with Gasteiger partial charge in [-0.25, -0.2) is 9.97 Å². The van der Waals surface area contributed by atoms with Crippen molar-refractivity contribution in [1.82, 2.24) is 9.97 Å². The minimum atomic E-state index is -0.237. The molecule has 1 atom stereocenters. The van der Waals surface area contributed by atoms with E-state index in [1.807, 2.05) is 32.0 Å². The maximum atomic E-state index is 12.6. The fraction of sp³-hybridized carbons (Fsp3) is 0.421. The Labute approximate surface area is 148 Å². The van der Waals surface area contributed by atoms with Crippen molar-refractivity contribution in [3.63, 3.8) is 0 Å². The Morgan fingerprint density at radius 2 is 2.12 bits per heavy atom. The first-order valence-electron chi connectivity index (χ1n) is 8.61. The fourth-order valence-corrected chi connectivity index (χ4v) is 2.87. The second-order valence-corrected chi connectivity index (χ2v) is 6.40. The first kappa shape index (κ1) is 17.4. The molecule has 1 saturated heterocycles. The van der Waals surface area contributed by atoms with Crippen LogP contribution < -0.4 is 10.6 Å². The number of amides is 1. The smallest absolute Gasteiger partial charge is 0.274 e. The molecule has 0 bridgehead atoms. The first-order valence-corrected chi connectivity index (χ1v) is 8.61. The lowest BCUT2D eigenvalue weighted by Crippen LogP contribution is -2.20. The lowest BCUT2D eigenvalue weighted by molar-refractivity contribution is 0.102. The molecule has 1 amide bonds. The SMILES string of the molecule is Cc1nc(NCC2CCCO2)cc(C(=O)Nc2cccc(C)c2C)n1. The molecule has 1 aromatic heterocycles. The summed E-state index contributed by atoms with van der Waals surface area (Å²) in [5.41, 5.74) is 3.34. The molecule has 1 unspecified atom stereocenters. The topological polar surface area (TPSA) is 76.1 Å². The van der Waals surface area contributed by atoms with Crippen LogP contribution in [-0.4, -0.2) is 35.1 Å². The highest BCUT2D eigenvalue weighted by atomic mass is 16.5. The molecule has 2 heterocycles. The number of nitrogens with zero attached hydrogens (tertiary/aromatic N) is 2. The van der Waals surface area contributed by atoms with E-state index in [0.29, 0.717) is 23.9 Å². The summed E-state index contributed by atoms with van der Waals surface area (Å²) >= 11 is 0. The number of carbonyl (C=O) groups excluding carboxylic acids is 1. The molecule has 0 aliphatic carbocycles. The Hall–Kier alpha value is -2.47. The number of rotatable bonds is 5. The second-order valence-electron chi connectivity index (χ2n) is 6.40. The Morgan fingerprint density at radius 1 is 1.28 bits per heavy atom. The molecule has 132 valence electrons. The van der Waals surface area contributed by atoms with Gasteiger partial charge in [0, 0.05) is 24.9 Å². The molecule has 6 heteroatoms. The van der Waals surface area contributed by atoms with Crippen molar-refractivity contribution in [1.29, 1.82) is 0 Å². The van der Waals surface area contributed by atoms with Crippen LogP contribution in [0, 0.1) is 20.8 Å². The largest absolute Gasteiger partial charge is 0.376 e. The predicted octanol–water partition coefficient (Wildman–Crippen LogP) is 3.25. The monoisotopic (exact) mass is 340 g/mol. The number of nitrogens with one attached hydrogen (secondary N) is 2. The average molecular weight is 340 g/mol. The summed E-state index contributed by atoms with van der Waals surface area (Å²) in [6.07, 6.45) is 2.36. The molecule has 0 radical (unpaired) electrons. The van der Waals surface area contributed by atoms with Crippen LogP contribution in [0.5, 0.6) is 0 Å². The lowest BCUT2D eigenvalue weighted by atomic mass is 10.1. The number of hydrogen-bond acceptors (Lipinski definition) is 5. The molecule has 1 fully saturated rings. The number of aromatic nitrogens is 2. The van der Waals surface area contributed by atoms with E-state index in [9.17, 15) is 4.79 Å². The average Bonchev–Trinajstić information content (AvgIpc) is 3.10. The van der Waals surface area contributed by atoms with E-state index in [0.717, 1.165) is 36.3 Å². The summed E-state index contributed by atoms with van der Waals surface area (Å²) in [6, 6.07) is 7.53. The van der Waals surface area contributed by atoms with E-state index < -0.39 is 0 Å². The van der Waals surface area contributed by atoms with Crippen molar-refractivity contribution in [2.24, 2.45) is 0 Å². The molecule has 1 aliphatic heterocycles. The highest BCUT2D eigenvalue weighted by Crippen LogP contribution is 2.19. The standard InChI is InChI=1S/C19H24N4O2/c1-12-6-4-8-16(13(12)2)23-19(24)17-10-18(22-14(3)21-17)20-11-15-7-5-9-25-15/h4,6,8,10,15H,5,7,9,11H2,1-3H3,(H,23,24)(H,20,21,22). The number of anilines is 2. The van der Waals surface area contributed by atoms with Gasteiger partial charge in [-0.15, -0.1) is 0 Å². The van der Waals surface area contributed by atoms with Gasteiger partial charge in [-0.2, -0.15) is 0 Å². The Morgan fingerprint density at radius 3 is 2.88 bits per heavy atom. The van der Waals surface area contributed by atoms with Gasteiger partial charge < -0.3 is 15.4 Å². The molecule has 0 saturated carbocycles. The normalized spacial score (nSPS) is 16.7. The second kappa shape index (κ2) is 7.61. The summed E-state index contributed by atoms with van der Waals surface area (Å²) in [6.45, 7) is 7.30. The van der Waals surface area contributed by atoms with Crippen LogP contribution in [0.3, 0.4) is 0 Å². The van der Waals surface area contributed by atoms with Crippen LogP contribution in [0.4, 0.5) is 11.5 Å². The fourth-order valence-electron chi connectivity index (χ4n) is 2.87. The third-order valence-electron chi connectivity index (χ3n) is 4.46. The van der Waals surface area contributed by atoms with Gasteiger partial charge in [0.05, 0.1) is 6.10 Å². The zero-order chi connectivity index (χ0) is 17.8. The molecule has 2 N–H and O–H groups in total. The summed E-state index contributed by atoms with van der Waals surface area (Å²) in [4.78, 5) is 21.2. The molecule has 0 spiro atoms. The van der Waals surface area contributed by atoms with Crippen molar-refractivity contribution in [2.75, 3.05) is 23.8 Å². The van der Waals surface area contributed by atoms with Crippen LogP contribution in [0.15, 0.2) is 24.3 Å². The van der Waals surface area contributed by atoms with Crippen molar-refractivity contribution in [3.8, 4) is 0 Å². The van der Waals surface area contributed by atoms with Crippen molar-refractivity contribution in [2.45, 2.75) is 39.7 Å². The van der Waals surface area contributed by atoms with Crippen LogP contribution in [-0.2, 0) is 4.74 Å². The van der Waals surface area contributed by atoms with Gasteiger partial charge in [0.2, 0.25) is 0 Å². The van der Waals surface area contributed by atoms with Crippen LogP contribution in [0.1, 0.15) is 40.3 Å². The maximum Gasteiger partial charge on any atom is 0.274 e. The number of aryl methyl sites for hydroxylation is 2. The summed E-state index contributed by atoms with van der Waals surface area (Å²) in [7, 11) is 0. The predicted molar refractivity (Wildman–Crippen MR) is 98.1 cm³/mol. The third kappa shape index (κ3) is 4.33. The van der Waals surface area contributed by atoms with Gasteiger partial charge in [0.25, 0.3) is 5.91 Å². The van der Waals surface area contributed by atoms with Crippen LogP contribution in [0.25, 0.3) is 0 Å². The summed E-state index contributed by atoms with van der Waals surface area (Å²) in [5, 5.41) is 6.19. The number of ether oxygens (including phenoxy) is 1. The van der Waals surface area contributed by atoms with Gasteiger partial charge in [-0.1, -0.05) is 12.1 Å². The van der Waals surface area contributed by atoms with E-state index >= 15 is 0 Å². The van der Waals surface area contributed by atoms with Gasteiger partial charge in [0.15, 0.2) is 0 Å². The van der Waals surface area contributed by atoms with Crippen molar-refractivity contribution < 1.29 is 9.53 Å². The molecule has 2 aromatic rings. The third-order valence-corrected chi connectivity index (χ3v) is 4.46. The Bertz CT molecular complexity index is 770. The minimum absolute atomic E-state index is 0.211. The zero-order valence-electron chi connectivity index (χ0n) is 14.9. The van der Waals surface area contributed by atoms with Crippen LogP contribution in [0.2, 0.25) is 0 Å². The summed E-state index contributed by atoms with van der Waals surface area (Å²) in [5.74, 6) is 0.969. The molecule has 1 aromatic carbocycles. The quantitative estimate of drug-likeness (QED) is 0.874. The van der Waals surface area contributed by atoms with Crippen molar-refractivity contribution in [3.05, 3.63) is 46.9 Å². The first-order chi connectivity index (χ1) is 12.0. The molecule has 25 heavy (non-hydrogen) atoms. The number of carbonyl (C=O) groups is 1. The highest BCUT2D eigenvalue weighted by Gasteiger charge is 2.16.